The Morgan fingerprint density at radius 3 is 2.53 bits per heavy atom. The number of rotatable bonds is 9. The number of hydrazone groups is 1. The van der Waals surface area contributed by atoms with E-state index in [1.807, 2.05) is 6.07 Å². The van der Waals surface area contributed by atoms with Gasteiger partial charge in [-0.05, 0) is 12.5 Å². The lowest BCUT2D eigenvalue weighted by Crippen LogP contribution is -2.48. The molecule has 1 aliphatic rings. The Morgan fingerprint density at radius 1 is 1.27 bits per heavy atom. The molecule has 0 aromatic heterocycles. The number of nitrogens with zero attached hydrogens (tertiary/aromatic N) is 3. The highest BCUT2D eigenvalue weighted by atomic mass is 16.3. The van der Waals surface area contributed by atoms with E-state index in [0.717, 1.165) is 32.7 Å². The molecule has 158 valence electrons. The van der Waals surface area contributed by atoms with E-state index in [4.69, 9.17) is 6.42 Å². The fraction of sp³-hybridized carbons (Fsp3) is 0.333. The average Bonchev–Trinajstić information content (AvgIpc) is 2.76. The van der Waals surface area contributed by atoms with E-state index in [0.29, 0.717) is 17.6 Å². The second-order valence-corrected chi connectivity index (χ2v) is 7.04. The minimum atomic E-state index is -0.190. The number of amides is 1. The first-order chi connectivity index (χ1) is 14.6. The first kappa shape index (κ1) is 23.1. The van der Waals surface area contributed by atoms with E-state index in [1.165, 1.54) is 11.8 Å². The maximum Gasteiger partial charge on any atom is 0.254 e. The molecule has 6 heteroatoms. The van der Waals surface area contributed by atoms with Crippen molar-refractivity contribution in [1.82, 2.24) is 15.2 Å². The molecule has 1 amide bonds. The predicted molar refractivity (Wildman–Crippen MR) is 122 cm³/mol. The van der Waals surface area contributed by atoms with Gasteiger partial charge in [-0.2, -0.15) is 5.10 Å². The molecular weight excluding hydrogens is 376 g/mol. The highest BCUT2D eigenvalue weighted by molar-refractivity contribution is 5.86. The van der Waals surface area contributed by atoms with Crippen LogP contribution in [0, 0.1) is 12.3 Å². The van der Waals surface area contributed by atoms with E-state index in [2.05, 4.69) is 57.1 Å². The summed E-state index contributed by atoms with van der Waals surface area (Å²) in [6.07, 6.45) is 10.5. The smallest absolute Gasteiger partial charge is 0.254 e. The third kappa shape index (κ3) is 7.36. The summed E-state index contributed by atoms with van der Waals surface area (Å²) in [6.45, 7) is 10.1. The van der Waals surface area contributed by atoms with Crippen LogP contribution in [0.3, 0.4) is 0 Å². The fourth-order valence-electron chi connectivity index (χ4n) is 3.17. The zero-order valence-corrected chi connectivity index (χ0v) is 17.6. The van der Waals surface area contributed by atoms with Gasteiger partial charge in [0.1, 0.15) is 5.76 Å². The van der Waals surface area contributed by atoms with Crippen molar-refractivity contribution in [3.63, 3.8) is 0 Å². The summed E-state index contributed by atoms with van der Waals surface area (Å²) in [5.41, 5.74) is 4.69. The zero-order chi connectivity index (χ0) is 21.8. The molecule has 1 aromatic carbocycles. The van der Waals surface area contributed by atoms with Gasteiger partial charge in [0.25, 0.3) is 5.91 Å². The maximum atomic E-state index is 12.2. The van der Waals surface area contributed by atoms with E-state index in [-0.39, 0.29) is 18.2 Å². The van der Waals surface area contributed by atoms with E-state index < -0.39 is 0 Å². The summed E-state index contributed by atoms with van der Waals surface area (Å²) < 4.78 is 0. The fourth-order valence-corrected chi connectivity index (χ4v) is 3.17. The highest BCUT2D eigenvalue weighted by Gasteiger charge is 2.18. The van der Waals surface area contributed by atoms with Crippen LogP contribution in [-0.2, 0) is 11.3 Å². The lowest BCUT2D eigenvalue weighted by molar-refractivity contribution is -0.122. The number of aliphatic hydroxyl groups is 1. The molecule has 6 nitrogen and oxygen atoms in total. The van der Waals surface area contributed by atoms with Gasteiger partial charge in [0.2, 0.25) is 0 Å². The second kappa shape index (κ2) is 12.4. The number of carbonyl (C=O) groups excluding carboxylic acids is 1. The Kier molecular flexibility index (Phi) is 9.59. The van der Waals surface area contributed by atoms with Gasteiger partial charge in [0.05, 0.1) is 12.8 Å². The Bertz CT molecular complexity index is 842. The number of aliphatic hydroxyl groups excluding tert-OH is 1. The monoisotopic (exact) mass is 406 g/mol. The predicted octanol–water partition coefficient (Wildman–Crippen LogP) is 2.87. The number of piperazine rings is 1. The van der Waals surface area contributed by atoms with Crippen LogP contribution in [0.5, 0.6) is 0 Å². The number of nitrogens with one attached hydrogen (secondary N) is 1. The normalized spacial score (nSPS) is 16.7. The van der Waals surface area contributed by atoms with Gasteiger partial charge in [-0.1, -0.05) is 48.4 Å². The van der Waals surface area contributed by atoms with Gasteiger partial charge in [-0.3, -0.25) is 14.6 Å². The molecule has 1 fully saturated rings. The summed E-state index contributed by atoms with van der Waals surface area (Å²) in [4.78, 5) is 16.7. The van der Waals surface area contributed by atoms with Crippen LogP contribution in [0.4, 0.5) is 0 Å². The first-order valence-corrected chi connectivity index (χ1v) is 10.0. The van der Waals surface area contributed by atoms with Gasteiger partial charge in [0, 0.05) is 50.3 Å². The molecule has 0 radical (unpaired) electrons. The largest absolute Gasteiger partial charge is 0.506 e. The number of benzene rings is 1. The molecule has 0 unspecified atom stereocenters. The Balaban J connectivity index is 1.78. The summed E-state index contributed by atoms with van der Waals surface area (Å²) in [5, 5.41) is 14.2. The summed E-state index contributed by atoms with van der Waals surface area (Å²) in [5.74, 6) is 2.22. The molecule has 0 atom stereocenters. The highest BCUT2D eigenvalue weighted by Crippen LogP contribution is 2.13. The standard InChI is InChI=1S/C24H30N4O2/c1-4-10-21(5-2)24(30)22(6-3)17-25-26-23(29)19-28-15-13-27(14-16-28)18-20-11-8-7-9-12-20/h2,4,6-9,11-12,17,30H,1,10,13-16,18-19H2,3H3,(H,26,29)/b22-6-,24-21-,25-17+. The van der Waals surface area contributed by atoms with Gasteiger partial charge in [-0.25, -0.2) is 5.43 Å². The molecule has 0 saturated carbocycles. The topological polar surface area (TPSA) is 68.2 Å². The van der Waals surface area contributed by atoms with Crippen LogP contribution in [-0.4, -0.2) is 59.8 Å². The van der Waals surface area contributed by atoms with Crippen molar-refractivity contribution >= 4 is 12.1 Å². The van der Waals surface area contributed by atoms with E-state index >= 15 is 0 Å². The molecule has 1 heterocycles. The number of terminal acetylenes is 1. The third-order valence-corrected chi connectivity index (χ3v) is 4.87. The van der Waals surface area contributed by atoms with Crippen molar-refractivity contribution in [2.75, 3.05) is 32.7 Å². The molecule has 2 rings (SSSR count). The second-order valence-electron chi connectivity index (χ2n) is 7.04. The third-order valence-electron chi connectivity index (χ3n) is 4.87. The maximum absolute atomic E-state index is 12.2. The lowest BCUT2D eigenvalue weighted by atomic mass is 10.1. The summed E-state index contributed by atoms with van der Waals surface area (Å²) in [6, 6.07) is 10.4. The van der Waals surface area contributed by atoms with E-state index in [1.54, 1.807) is 19.1 Å². The van der Waals surface area contributed by atoms with Crippen molar-refractivity contribution in [3.05, 3.63) is 71.5 Å². The molecule has 0 spiro atoms. The molecule has 2 N–H and O–H groups in total. The molecule has 0 bridgehead atoms. The Hall–Kier alpha value is -3.14. The van der Waals surface area contributed by atoms with Gasteiger partial charge >= 0.3 is 0 Å². The van der Waals surface area contributed by atoms with Crippen molar-refractivity contribution in [3.8, 4) is 12.3 Å². The number of carbonyl (C=O) groups is 1. The zero-order valence-electron chi connectivity index (χ0n) is 17.6. The Labute approximate surface area is 179 Å². The number of hydrogen-bond acceptors (Lipinski definition) is 5. The van der Waals surface area contributed by atoms with Crippen LogP contribution in [0.15, 0.2) is 71.1 Å². The van der Waals surface area contributed by atoms with Crippen LogP contribution in [0.1, 0.15) is 18.9 Å². The quantitative estimate of drug-likeness (QED) is 0.165. The average molecular weight is 407 g/mol. The lowest BCUT2D eigenvalue weighted by Gasteiger charge is -2.34. The minimum absolute atomic E-state index is 0.0348. The van der Waals surface area contributed by atoms with E-state index in [9.17, 15) is 9.90 Å². The van der Waals surface area contributed by atoms with Crippen LogP contribution >= 0.6 is 0 Å². The summed E-state index contributed by atoms with van der Waals surface area (Å²) in [7, 11) is 0. The van der Waals surface area contributed by atoms with Crippen LogP contribution < -0.4 is 5.43 Å². The molecular formula is C24H30N4O2. The SMILES string of the molecule is C#C\C(CC=C)=C(O)/C(=C\C)/C=N/NC(=O)CN1CCN(Cc2ccccc2)CC1. The molecule has 1 saturated heterocycles. The molecule has 0 aliphatic carbocycles. The minimum Gasteiger partial charge on any atom is -0.506 e. The van der Waals surface area contributed by atoms with Crippen molar-refractivity contribution in [1.29, 1.82) is 0 Å². The first-order valence-electron chi connectivity index (χ1n) is 10.0. The number of hydrogen-bond donors (Lipinski definition) is 2. The van der Waals surface area contributed by atoms with Crippen molar-refractivity contribution in [2.45, 2.75) is 19.9 Å². The molecule has 30 heavy (non-hydrogen) atoms. The molecule has 1 aromatic rings. The van der Waals surface area contributed by atoms with Crippen LogP contribution in [0.25, 0.3) is 0 Å². The molecule has 1 aliphatic heterocycles. The van der Waals surface area contributed by atoms with Crippen LogP contribution in [0.2, 0.25) is 0 Å². The Morgan fingerprint density at radius 2 is 1.93 bits per heavy atom. The van der Waals surface area contributed by atoms with Gasteiger partial charge in [0.15, 0.2) is 0 Å². The van der Waals surface area contributed by atoms with Gasteiger partial charge < -0.3 is 5.11 Å². The van der Waals surface area contributed by atoms with Crippen molar-refractivity contribution in [2.24, 2.45) is 5.10 Å². The van der Waals surface area contributed by atoms with Crippen molar-refractivity contribution < 1.29 is 9.90 Å². The van der Waals surface area contributed by atoms with Gasteiger partial charge in [-0.15, -0.1) is 13.0 Å². The summed E-state index contributed by atoms with van der Waals surface area (Å²) >= 11 is 0. The number of allylic oxidation sites excluding steroid dienone is 4.